The van der Waals surface area contributed by atoms with E-state index in [1.165, 1.54) is 6.07 Å². The Balaban J connectivity index is 1.85. The first-order valence-electron chi connectivity index (χ1n) is 7.63. The summed E-state index contributed by atoms with van der Waals surface area (Å²) in [6.45, 7) is 3.12. The number of amides is 3. The summed E-state index contributed by atoms with van der Waals surface area (Å²) in [4.78, 5) is 35.2. The van der Waals surface area contributed by atoms with Crippen molar-refractivity contribution in [3.05, 3.63) is 53.1 Å². The number of carbonyl (C=O) groups is 3. The van der Waals surface area contributed by atoms with E-state index in [4.69, 9.17) is 9.84 Å². The molecular weight excluding hydrogens is 340 g/mol. The van der Waals surface area contributed by atoms with Gasteiger partial charge in [0.25, 0.3) is 5.91 Å². The molecule has 8 nitrogen and oxygen atoms in total. The van der Waals surface area contributed by atoms with Gasteiger partial charge in [0.1, 0.15) is 17.1 Å². The van der Waals surface area contributed by atoms with E-state index >= 15 is 0 Å². The van der Waals surface area contributed by atoms with Gasteiger partial charge < -0.3 is 20.3 Å². The molecule has 0 atom stereocenters. The molecule has 0 radical (unpaired) electrons. The molecule has 0 aliphatic heterocycles. The van der Waals surface area contributed by atoms with E-state index in [2.05, 4.69) is 5.32 Å². The van der Waals surface area contributed by atoms with E-state index in [0.717, 1.165) is 23.3 Å². The molecule has 0 fully saturated rings. The first-order chi connectivity index (χ1) is 12.3. The Bertz CT molecular complexity index is 863. The summed E-state index contributed by atoms with van der Waals surface area (Å²) in [5.74, 6) is -2.51. The summed E-state index contributed by atoms with van der Waals surface area (Å²) in [5.41, 5.74) is 2.35. The maximum absolute atomic E-state index is 11.8. The number of carbonyl (C=O) groups excluding carboxylic acids is 3. The molecule has 0 aliphatic rings. The van der Waals surface area contributed by atoms with E-state index in [1.54, 1.807) is 12.1 Å². The zero-order valence-electron chi connectivity index (χ0n) is 14.2. The predicted octanol–water partition coefficient (Wildman–Crippen LogP) is 2.22. The van der Waals surface area contributed by atoms with Gasteiger partial charge in [-0.2, -0.15) is 0 Å². The fourth-order valence-electron chi connectivity index (χ4n) is 2.05. The predicted molar refractivity (Wildman–Crippen MR) is 93.1 cm³/mol. The summed E-state index contributed by atoms with van der Waals surface area (Å²) in [7, 11) is 0. The highest BCUT2D eigenvalue weighted by Gasteiger charge is 2.16. The molecule has 136 valence electrons. The molecule has 0 aliphatic carbocycles. The highest BCUT2D eigenvalue weighted by molar-refractivity contribution is 6.02. The van der Waals surface area contributed by atoms with Gasteiger partial charge in [-0.3, -0.25) is 10.1 Å². The number of benzene rings is 2. The van der Waals surface area contributed by atoms with E-state index in [0.29, 0.717) is 5.69 Å². The van der Waals surface area contributed by atoms with Crippen molar-refractivity contribution < 1.29 is 29.3 Å². The van der Waals surface area contributed by atoms with Crippen LogP contribution >= 0.6 is 0 Å². The second-order valence-corrected chi connectivity index (χ2v) is 5.58. The lowest BCUT2D eigenvalue weighted by atomic mass is 10.1. The van der Waals surface area contributed by atoms with Gasteiger partial charge in [-0.1, -0.05) is 6.07 Å². The number of anilines is 1. The Morgan fingerprint density at radius 2 is 1.73 bits per heavy atom. The molecule has 8 heteroatoms. The molecule has 2 rings (SSSR count). The van der Waals surface area contributed by atoms with Crippen molar-refractivity contribution in [1.82, 2.24) is 5.32 Å². The highest BCUT2D eigenvalue weighted by atomic mass is 16.5. The Labute approximate surface area is 149 Å². The quantitative estimate of drug-likeness (QED) is 0.621. The smallest absolute Gasteiger partial charge is 0.342 e. The number of esters is 1. The van der Waals surface area contributed by atoms with Crippen molar-refractivity contribution in [1.29, 1.82) is 0 Å². The van der Waals surface area contributed by atoms with Crippen LogP contribution in [0, 0.1) is 13.8 Å². The lowest BCUT2D eigenvalue weighted by Gasteiger charge is -2.09. The van der Waals surface area contributed by atoms with Crippen LogP contribution in [0.25, 0.3) is 0 Å². The zero-order chi connectivity index (χ0) is 19.3. The highest BCUT2D eigenvalue weighted by Crippen LogP contribution is 2.23. The van der Waals surface area contributed by atoms with E-state index in [1.807, 2.05) is 25.2 Å². The standard InChI is InChI=1S/C18H18N2O6/c1-10-3-4-12(7-11(10)2)19-18(25)20-16(23)9-26-17(24)14-6-5-13(21)8-15(14)22/h3-8,21-22H,9H2,1-2H3,(H2,19,20,23,25). The van der Waals surface area contributed by atoms with Gasteiger partial charge in [0.05, 0.1) is 0 Å². The lowest BCUT2D eigenvalue weighted by Crippen LogP contribution is -2.37. The van der Waals surface area contributed by atoms with Crippen molar-refractivity contribution in [2.45, 2.75) is 13.8 Å². The van der Waals surface area contributed by atoms with Crippen molar-refractivity contribution >= 4 is 23.6 Å². The third-order valence-corrected chi connectivity index (χ3v) is 3.55. The summed E-state index contributed by atoms with van der Waals surface area (Å²) in [6.07, 6.45) is 0. The van der Waals surface area contributed by atoms with Crippen LogP contribution in [-0.2, 0) is 9.53 Å². The van der Waals surface area contributed by atoms with Crippen molar-refractivity contribution in [2.24, 2.45) is 0 Å². The number of aromatic hydroxyl groups is 2. The normalized spacial score (nSPS) is 10.1. The molecule has 0 aromatic heterocycles. The monoisotopic (exact) mass is 358 g/mol. The van der Waals surface area contributed by atoms with Crippen LogP contribution in [0.3, 0.4) is 0 Å². The molecule has 0 spiro atoms. The molecule has 4 N–H and O–H groups in total. The summed E-state index contributed by atoms with van der Waals surface area (Å²) in [5, 5.41) is 23.2. The minimum absolute atomic E-state index is 0.213. The average Bonchev–Trinajstić information content (AvgIpc) is 2.56. The molecule has 2 aromatic rings. The van der Waals surface area contributed by atoms with Gasteiger partial charge in [0.2, 0.25) is 0 Å². The van der Waals surface area contributed by atoms with Crippen LogP contribution in [0.15, 0.2) is 36.4 Å². The molecular formula is C18H18N2O6. The molecule has 0 bridgehead atoms. The summed E-state index contributed by atoms with van der Waals surface area (Å²) < 4.78 is 4.72. The maximum atomic E-state index is 11.8. The second-order valence-electron chi connectivity index (χ2n) is 5.58. The number of phenols is 2. The van der Waals surface area contributed by atoms with Crippen LogP contribution < -0.4 is 10.6 Å². The number of phenolic OH excluding ortho intramolecular Hbond substituents is 2. The van der Waals surface area contributed by atoms with Crippen LogP contribution in [0.2, 0.25) is 0 Å². The topological polar surface area (TPSA) is 125 Å². The number of ether oxygens (including phenoxy) is 1. The van der Waals surface area contributed by atoms with E-state index in [9.17, 15) is 19.5 Å². The van der Waals surface area contributed by atoms with E-state index in [-0.39, 0.29) is 11.3 Å². The Morgan fingerprint density at radius 3 is 2.38 bits per heavy atom. The molecule has 0 unspecified atom stereocenters. The number of urea groups is 1. The third-order valence-electron chi connectivity index (χ3n) is 3.55. The summed E-state index contributed by atoms with van der Waals surface area (Å²) >= 11 is 0. The molecule has 0 saturated carbocycles. The molecule has 0 saturated heterocycles. The molecule has 3 amide bonds. The van der Waals surface area contributed by atoms with Crippen LogP contribution in [0.4, 0.5) is 10.5 Å². The second kappa shape index (κ2) is 8.02. The van der Waals surface area contributed by atoms with Crippen molar-refractivity contribution in [3.63, 3.8) is 0 Å². The number of rotatable bonds is 4. The summed E-state index contributed by atoms with van der Waals surface area (Å²) in [6, 6.07) is 7.83. The minimum Gasteiger partial charge on any atom is -0.508 e. The van der Waals surface area contributed by atoms with Gasteiger partial charge in [-0.05, 0) is 49.2 Å². The molecule has 2 aromatic carbocycles. The lowest BCUT2D eigenvalue weighted by molar-refractivity contribution is -0.123. The maximum Gasteiger partial charge on any atom is 0.342 e. The van der Waals surface area contributed by atoms with Crippen molar-refractivity contribution in [3.8, 4) is 11.5 Å². The zero-order valence-corrected chi connectivity index (χ0v) is 14.2. The fraction of sp³-hybridized carbons (Fsp3) is 0.167. The largest absolute Gasteiger partial charge is 0.508 e. The number of nitrogens with one attached hydrogen (secondary N) is 2. The molecule has 26 heavy (non-hydrogen) atoms. The Morgan fingerprint density at radius 1 is 1.00 bits per heavy atom. The minimum atomic E-state index is -0.966. The SMILES string of the molecule is Cc1ccc(NC(=O)NC(=O)COC(=O)c2ccc(O)cc2O)cc1C. The first-order valence-corrected chi connectivity index (χ1v) is 7.63. The number of hydrogen-bond acceptors (Lipinski definition) is 6. The van der Waals surface area contributed by atoms with Gasteiger partial charge in [0, 0.05) is 11.8 Å². The third kappa shape index (κ3) is 4.97. The molecule has 0 heterocycles. The average molecular weight is 358 g/mol. The fourth-order valence-corrected chi connectivity index (χ4v) is 2.05. The van der Waals surface area contributed by atoms with Gasteiger partial charge in [-0.15, -0.1) is 0 Å². The number of aryl methyl sites for hydroxylation is 2. The number of hydrogen-bond donors (Lipinski definition) is 4. The van der Waals surface area contributed by atoms with Gasteiger partial charge in [-0.25, -0.2) is 9.59 Å². The Kier molecular flexibility index (Phi) is 5.79. The Hall–Kier alpha value is -3.55. The first kappa shape index (κ1) is 18.8. The van der Waals surface area contributed by atoms with Crippen molar-refractivity contribution in [2.75, 3.05) is 11.9 Å². The van der Waals surface area contributed by atoms with Gasteiger partial charge in [0.15, 0.2) is 6.61 Å². The number of imide groups is 1. The van der Waals surface area contributed by atoms with E-state index < -0.39 is 30.3 Å². The van der Waals surface area contributed by atoms with Crippen LogP contribution in [0.5, 0.6) is 11.5 Å². The van der Waals surface area contributed by atoms with Gasteiger partial charge >= 0.3 is 12.0 Å². The van der Waals surface area contributed by atoms with Crippen LogP contribution in [-0.4, -0.2) is 34.7 Å². The van der Waals surface area contributed by atoms with Crippen LogP contribution in [0.1, 0.15) is 21.5 Å².